The number of hydrogen-bond acceptors (Lipinski definition) is 4. The predicted octanol–water partition coefficient (Wildman–Crippen LogP) is 1.09. The first-order valence-corrected chi connectivity index (χ1v) is 5.57. The molecule has 1 rings (SSSR count). The van der Waals surface area contributed by atoms with Gasteiger partial charge in [-0.2, -0.15) is 0 Å². The number of rotatable bonds is 4. The van der Waals surface area contributed by atoms with Crippen LogP contribution in [0.15, 0.2) is 30.3 Å². The van der Waals surface area contributed by atoms with Crippen molar-refractivity contribution >= 4 is 10.1 Å². The molecular formula is C9H11O4S-. The smallest absolute Gasteiger partial charge is 0.144 e. The fourth-order valence-corrected chi connectivity index (χ4v) is 1.11. The van der Waals surface area contributed by atoms with Gasteiger partial charge in [0.1, 0.15) is 15.6 Å². The maximum atomic E-state index is 10.5. The van der Waals surface area contributed by atoms with E-state index in [1.807, 2.05) is 18.2 Å². The van der Waals surface area contributed by atoms with Crippen molar-refractivity contribution in [2.24, 2.45) is 0 Å². The van der Waals surface area contributed by atoms with Crippen LogP contribution in [0.4, 0.5) is 0 Å². The lowest BCUT2D eigenvalue weighted by molar-refractivity contribution is 0.0964. The van der Waals surface area contributed by atoms with E-state index in [2.05, 4.69) is 0 Å². The minimum absolute atomic E-state index is 0.128. The largest absolute Gasteiger partial charge is 0.746 e. The first-order chi connectivity index (χ1) is 6.50. The highest BCUT2D eigenvalue weighted by Gasteiger charge is 2.09. The van der Waals surface area contributed by atoms with Crippen molar-refractivity contribution in [2.45, 2.75) is 19.0 Å². The van der Waals surface area contributed by atoms with Crippen molar-refractivity contribution in [3.8, 4) is 0 Å². The summed E-state index contributed by atoms with van der Waals surface area (Å²) in [6.45, 7) is 1.36. The molecule has 0 amide bonds. The van der Waals surface area contributed by atoms with Gasteiger partial charge in [0.15, 0.2) is 0 Å². The maximum absolute atomic E-state index is 10.5. The van der Waals surface area contributed by atoms with Crippen molar-refractivity contribution in [3.05, 3.63) is 35.9 Å². The highest BCUT2D eigenvalue weighted by Crippen LogP contribution is 2.06. The second-order valence-corrected chi connectivity index (χ2v) is 4.51. The van der Waals surface area contributed by atoms with E-state index in [-0.39, 0.29) is 6.61 Å². The van der Waals surface area contributed by atoms with Gasteiger partial charge in [-0.05, 0) is 12.5 Å². The van der Waals surface area contributed by atoms with E-state index in [0.29, 0.717) is 0 Å². The third-order valence-corrected chi connectivity index (χ3v) is 2.68. The molecule has 5 heteroatoms. The first-order valence-electron chi connectivity index (χ1n) is 4.10. The van der Waals surface area contributed by atoms with Crippen LogP contribution in [0.1, 0.15) is 12.5 Å². The van der Waals surface area contributed by atoms with E-state index in [4.69, 9.17) is 4.74 Å². The van der Waals surface area contributed by atoms with Crippen molar-refractivity contribution < 1.29 is 17.7 Å². The Bertz CT molecular complexity index is 371. The van der Waals surface area contributed by atoms with Gasteiger partial charge in [0.05, 0.1) is 6.61 Å². The summed E-state index contributed by atoms with van der Waals surface area (Å²) >= 11 is 0. The molecule has 0 spiro atoms. The molecule has 0 fully saturated rings. The first kappa shape index (κ1) is 11.2. The quantitative estimate of drug-likeness (QED) is 0.705. The van der Waals surface area contributed by atoms with Crippen LogP contribution in [0.5, 0.6) is 0 Å². The predicted molar refractivity (Wildman–Crippen MR) is 50.4 cm³/mol. The van der Waals surface area contributed by atoms with Crippen molar-refractivity contribution in [2.75, 3.05) is 0 Å². The fraction of sp³-hybridized carbons (Fsp3) is 0.333. The van der Waals surface area contributed by atoms with Crippen LogP contribution in [-0.2, 0) is 21.5 Å². The third kappa shape index (κ3) is 3.45. The number of hydrogen-bond donors (Lipinski definition) is 0. The average molecular weight is 215 g/mol. The SMILES string of the molecule is CC(OCc1ccccc1)S(=O)(=O)[O-]. The fourth-order valence-electron chi connectivity index (χ4n) is 0.871. The van der Waals surface area contributed by atoms with Crippen LogP contribution < -0.4 is 0 Å². The summed E-state index contributed by atoms with van der Waals surface area (Å²) in [5.74, 6) is 0. The molecular weight excluding hydrogens is 204 g/mol. The molecule has 0 aliphatic rings. The van der Waals surface area contributed by atoms with Crippen LogP contribution in [-0.4, -0.2) is 18.4 Å². The molecule has 1 aromatic carbocycles. The van der Waals surface area contributed by atoms with Crippen LogP contribution in [0, 0.1) is 0 Å². The number of ether oxygens (including phenoxy) is 1. The minimum atomic E-state index is -4.35. The van der Waals surface area contributed by atoms with Crippen molar-refractivity contribution in [3.63, 3.8) is 0 Å². The molecule has 0 aliphatic heterocycles. The summed E-state index contributed by atoms with van der Waals surface area (Å²) in [5, 5.41) is 0. The van der Waals surface area contributed by atoms with Gasteiger partial charge < -0.3 is 9.29 Å². The Kier molecular flexibility index (Phi) is 3.62. The van der Waals surface area contributed by atoms with E-state index in [1.54, 1.807) is 12.1 Å². The molecule has 0 saturated carbocycles. The molecule has 1 aromatic rings. The van der Waals surface area contributed by atoms with Crippen LogP contribution in [0.2, 0.25) is 0 Å². The van der Waals surface area contributed by atoms with Gasteiger partial charge in [-0.3, -0.25) is 0 Å². The second kappa shape index (κ2) is 4.54. The summed E-state index contributed by atoms with van der Waals surface area (Å²) in [6.07, 6.45) is 0. The summed E-state index contributed by atoms with van der Waals surface area (Å²) in [6, 6.07) is 9.07. The molecule has 0 N–H and O–H groups in total. The Labute approximate surface area is 83.3 Å². The molecule has 4 nitrogen and oxygen atoms in total. The van der Waals surface area contributed by atoms with E-state index >= 15 is 0 Å². The molecule has 78 valence electrons. The van der Waals surface area contributed by atoms with Crippen LogP contribution >= 0.6 is 0 Å². The zero-order valence-corrected chi connectivity index (χ0v) is 8.53. The lowest BCUT2D eigenvalue weighted by Gasteiger charge is -2.16. The highest BCUT2D eigenvalue weighted by atomic mass is 32.2. The standard InChI is InChI=1S/C9H12O4S/c1-8(14(10,11)12)13-7-9-5-3-2-4-6-9/h2-6,8H,7H2,1H3,(H,10,11,12)/p-1. The van der Waals surface area contributed by atoms with E-state index in [9.17, 15) is 13.0 Å². The summed E-state index contributed by atoms with van der Waals surface area (Å²) in [4.78, 5) is 0. The molecule has 14 heavy (non-hydrogen) atoms. The third-order valence-electron chi connectivity index (χ3n) is 1.73. The zero-order chi connectivity index (χ0) is 10.6. The van der Waals surface area contributed by atoms with E-state index in [0.717, 1.165) is 5.56 Å². The molecule has 0 bridgehead atoms. The Morgan fingerprint density at radius 3 is 2.43 bits per heavy atom. The summed E-state index contributed by atoms with van der Waals surface area (Å²) in [7, 11) is -4.35. The van der Waals surface area contributed by atoms with Crippen LogP contribution in [0.3, 0.4) is 0 Å². The Morgan fingerprint density at radius 2 is 1.93 bits per heavy atom. The van der Waals surface area contributed by atoms with Crippen molar-refractivity contribution in [1.82, 2.24) is 0 Å². The lowest BCUT2D eigenvalue weighted by Crippen LogP contribution is -2.20. The molecule has 0 radical (unpaired) electrons. The molecule has 0 aromatic heterocycles. The Hall–Kier alpha value is -0.910. The molecule has 1 atom stereocenters. The topological polar surface area (TPSA) is 66.4 Å². The molecule has 0 saturated heterocycles. The van der Waals surface area contributed by atoms with Gasteiger partial charge in [0.2, 0.25) is 0 Å². The van der Waals surface area contributed by atoms with E-state index in [1.165, 1.54) is 6.92 Å². The molecule has 0 heterocycles. The van der Waals surface area contributed by atoms with Gasteiger partial charge in [0.25, 0.3) is 0 Å². The van der Waals surface area contributed by atoms with Gasteiger partial charge in [0, 0.05) is 0 Å². The molecule has 1 unspecified atom stereocenters. The highest BCUT2D eigenvalue weighted by molar-refractivity contribution is 7.86. The van der Waals surface area contributed by atoms with Crippen LogP contribution in [0.25, 0.3) is 0 Å². The summed E-state index contributed by atoms with van der Waals surface area (Å²) in [5.41, 5.74) is -0.467. The minimum Gasteiger partial charge on any atom is -0.746 e. The second-order valence-electron chi connectivity index (χ2n) is 2.86. The maximum Gasteiger partial charge on any atom is 0.144 e. The van der Waals surface area contributed by atoms with Gasteiger partial charge in [-0.25, -0.2) is 8.42 Å². The average Bonchev–Trinajstić information content (AvgIpc) is 2.14. The molecule has 0 aliphatic carbocycles. The van der Waals surface area contributed by atoms with Gasteiger partial charge >= 0.3 is 0 Å². The zero-order valence-electron chi connectivity index (χ0n) is 7.71. The lowest BCUT2D eigenvalue weighted by atomic mass is 10.2. The Balaban J connectivity index is 2.50. The monoisotopic (exact) mass is 215 g/mol. The van der Waals surface area contributed by atoms with Gasteiger partial charge in [-0.1, -0.05) is 30.3 Å². The summed E-state index contributed by atoms with van der Waals surface area (Å²) < 4.78 is 36.3. The van der Waals surface area contributed by atoms with E-state index < -0.39 is 15.6 Å². The Morgan fingerprint density at radius 1 is 1.36 bits per heavy atom. The normalized spacial score (nSPS) is 13.9. The number of benzene rings is 1. The van der Waals surface area contributed by atoms with Crippen molar-refractivity contribution in [1.29, 1.82) is 0 Å². The van der Waals surface area contributed by atoms with Gasteiger partial charge in [-0.15, -0.1) is 0 Å².